The number of amides is 1. The Morgan fingerprint density at radius 2 is 1.90 bits per heavy atom. The monoisotopic (exact) mass is 357 g/mol. The minimum atomic E-state index is -0.603. The van der Waals surface area contributed by atoms with Gasteiger partial charge in [0.05, 0.1) is 19.6 Å². The van der Waals surface area contributed by atoms with Crippen LogP contribution in [0.1, 0.15) is 38.8 Å². The predicted molar refractivity (Wildman–Crippen MR) is 82.9 cm³/mol. The molecule has 21 heavy (non-hydrogen) atoms. The second kappa shape index (κ2) is 7.45. The minimum absolute atomic E-state index is 0.0261. The summed E-state index contributed by atoms with van der Waals surface area (Å²) in [5.74, 6) is -0.410. The van der Waals surface area contributed by atoms with Gasteiger partial charge in [0, 0.05) is 4.47 Å². The summed E-state index contributed by atoms with van der Waals surface area (Å²) in [4.78, 5) is 23.5. The summed E-state index contributed by atoms with van der Waals surface area (Å²) in [6, 6.07) is 6.84. The Morgan fingerprint density at radius 3 is 2.43 bits per heavy atom. The Labute approximate surface area is 133 Å². The maximum absolute atomic E-state index is 11.9. The summed E-state index contributed by atoms with van der Waals surface area (Å²) in [5.41, 5.74) is 0.183. The molecule has 0 saturated heterocycles. The molecule has 5 nitrogen and oxygen atoms in total. The summed E-state index contributed by atoms with van der Waals surface area (Å²) < 4.78 is 10.7. The number of hydrogen-bond donors (Lipinski definition) is 1. The van der Waals surface area contributed by atoms with E-state index in [1.807, 2.05) is 24.3 Å². The summed E-state index contributed by atoms with van der Waals surface area (Å²) >= 11 is 3.42. The third kappa shape index (κ3) is 6.16. The van der Waals surface area contributed by atoms with Crippen molar-refractivity contribution in [1.29, 1.82) is 0 Å². The Kier molecular flexibility index (Phi) is 6.20. The third-order valence-corrected chi connectivity index (χ3v) is 3.29. The van der Waals surface area contributed by atoms with Crippen LogP contribution in [0, 0.1) is 0 Å². The number of nitrogens with one attached hydrogen (secondary N) is 1. The molecule has 0 fully saturated rings. The van der Waals surface area contributed by atoms with Crippen molar-refractivity contribution < 1.29 is 19.1 Å². The summed E-state index contributed by atoms with van der Waals surface area (Å²) in [5, 5.41) is 2.70. The van der Waals surface area contributed by atoms with Gasteiger partial charge in [-0.1, -0.05) is 34.1 Å². The zero-order valence-electron chi connectivity index (χ0n) is 12.6. The van der Waals surface area contributed by atoms with Crippen molar-refractivity contribution in [2.75, 3.05) is 7.11 Å². The number of esters is 1. The molecule has 1 aromatic rings. The van der Waals surface area contributed by atoms with Crippen LogP contribution in [0.2, 0.25) is 0 Å². The Morgan fingerprint density at radius 1 is 1.29 bits per heavy atom. The number of alkyl carbamates (subject to hydrolysis) is 1. The average molecular weight is 358 g/mol. The van der Waals surface area contributed by atoms with E-state index in [0.29, 0.717) is 0 Å². The van der Waals surface area contributed by atoms with E-state index >= 15 is 0 Å². The summed E-state index contributed by atoms with van der Waals surface area (Å²) in [6.45, 7) is 5.33. The number of rotatable bonds is 4. The fourth-order valence-corrected chi connectivity index (χ4v) is 2.26. The number of ether oxygens (including phenoxy) is 2. The van der Waals surface area contributed by atoms with Crippen molar-refractivity contribution in [3.8, 4) is 0 Å². The van der Waals surface area contributed by atoms with Gasteiger partial charge in [-0.15, -0.1) is 0 Å². The number of methoxy groups -OCH3 is 1. The topological polar surface area (TPSA) is 64.6 Å². The van der Waals surface area contributed by atoms with Crippen molar-refractivity contribution >= 4 is 28.0 Å². The molecule has 0 bridgehead atoms. The molecule has 1 N–H and O–H groups in total. The fourth-order valence-electron chi connectivity index (χ4n) is 1.70. The average Bonchev–Trinajstić information content (AvgIpc) is 2.36. The van der Waals surface area contributed by atoms with E-state index in [1.165, 1.54) is 7.11 Å². The number of carbonyl (C=O) groups is 2. The molecule has 1 rings (SSSR count). The molecule has 1 amide bonds. The van der Waals surface area contributed by atoms with Crippen molar-refractivity contribution in [1.82, 2.24) is 5.32 Å². The Bertz CT molecular complexity index is 511. The molecule has 0 aliphatic carbocycles. The van der Waals surface area contributed by atoms with Crippen LogP contribution in [-0.4, -0.2) is 24.8 Å². The van der Waals surface area contributed by atoms with Crippen LogP contribution in [0.5, 0.6) is 0 Å². The second-order valence-electron chi connectivity index (χ2n) is 5.50. The van der Waals surface area contributed by atoms with Crippen LogP contribution in [0.3, 0.4) is 0 Å². The Hall–Kier alpha value is -1.56. The van der Waals surface area contributed by atoms with Gasteiger partial charge in [-0.25, -0.2) is 4.79 Å². The van der Waals surface area contributed by atoms with Gasteiger partial charge in [-0.2, -0.15) is 0 Å². The molecule has 0 aromatic heterocycles. The van der Waals surface area contributed by atoms with Crippen LogP contribution >= 0.6 is 15.9 Å². The van der Waals surface area contributed by atoms with Crippen molar-refractivity contribution in [2.45, 2.75) is 38.8 Å². The molecule has 0 radical (unpaired) electrons. The first kappa shape index (κ1) is 17.5. The lowest BCUT2D eigenvalue weighted by atomic mass is 10.0. The first-order valence-corrected chi connectivity index (χ1v) is 7.33. The van der Waals surface area contributed by atoms with Crippen LogP contribution in [0.15, 0.2) is 28.7 Å². The molecule has 0 saturated carbocycles. The second-order valence-corrected chi connectivity index (χ2v) is 6.35. The number of hydrogen-bond acceptors (Lipinski definition) is 4. The van der Waals surface area contributed by atoms with E-state index in [1.54, 1.807) is 20.8 Å². The minimum Gasteiger partial charge on any atom is -0.469 e. The van der Waals surface area contributed by atoms with E-state index in [0.717, 1.165) is 10.0 Å². The zero-order chi connectivity index (χ0) is 16.0. The molecule has 0 aliphatic rings. The number of benzene rings is 1. The lowest BCUT2D eigenvalue weighted by Gasteiger charge is -2.24. The third-order valence-electron chi connectivity index (χ3n) is 2.57. The highest BCUT2D eigenvalue weighted by molar-refractivity contribution is 9.10. The maximum atomic E-state index is 11.9. The molecule has 0 unspecified atom stereocenters. The molecule has 0 heterocycles. The molecule has 1 aromatic carbocycles. The SMILES string of the molecule is COC(=O)C[C@@H](NC(=O)OC(C)(C)C)c1ccccc1Br. The van der Waals surface area contributed by atoms with Crippen molar-refractivity contribution in [3.63, 3.8) is 0 Å². The van der Waals surface area contributed by atoms with Gasteiger partial charge in [0.1, 0.15) is 5.60 Å². The van der Waals surface area contributed by atoms with E-state index in [2.05, 4.69) is 26.0 Å². The van der Waals surface area contributed by atoms with Gasteiger partial charge in [-0.3, -0.25) is 4.79 Å². The summed E-state index contributed by atoms with van der Waals surface area (Å²) in [6.07, 6.45) is -0.551. The molecule has 0 aliphatic heterocycles. The zero-order valence-corrected chi connectivity index (χ0v) is 14.2. The van der Waals surface area contributed by atoms with Gasteiger partial charge in [0.2, 0.25) is 0 Å². The molecule has 116 valence electrons. The van der Waals surface area contributed by atoms with Gasteiger partial charge < -0.3 is 14.8 Å². The van der Waals surface area contributed by atoms with Crippen LogP contribution < -0.4 is 5.32 Å². The fraction of sp³-hybridized carbons (Fsp3) is 0.467. The van der Waals surface area contributed by atoms with Crippen LogP contribution in [0.4, 0.5) is 4.79 Å². The normalized spacial score (nSPS) is 12.4. The van der Waals surface area contributed by atoms with E-state index in [9.17, 15) is 9.59 Å². The van der Waals surface area contributed by atoms with Crippen LogP contribution in [-0.2, 0) is 14.3 Å². The number of halogens is 1. The van der Waals surface area contributed by atoms with Crippen molar-refractivity contribution in [3.05, 3.63) is 34.3 Å². The highest BCUT2D eigenvalue weighted by atomic mass is 79.9. The molecule has 6 heteroatoms. The largest absolute Gasteiger partial charge is 0.469 e. The van der Waals surface area contributed by atoms with E-state index < -0.39 is 23.7 Å². The standard InChI is InChI=1S/C15H20BrNO4/c1-15(2,3)21-14(19)17-12(9-13(18)20-4)10-7-5-6-8-11(10)16/h5-8,12H,9H2,1-4H3,(H,17,19)/t12-/m1/s1. The highest BCUT2D eigenvalue weighted by Crippen LogP contribution is 2.26. The Balaban J connectivity index is 2.91. The first-order valence-electron chi connectivity index (χ1n) is 6.53. The molecular formula is C15H20BrNO4. The van der Waals surface area contributed by atoms with E-state index in [-0.39, 0.29) is 6.42 Å². The van der Waals surface area contributed by atoms with E-state index in [4.69, 9.17) is 4.74 Å². The van der Waals surface area contributed by atoms with Gasteiger partial charge in [-0.05, 0) is 32.4 Å². The van der Waals surface area contributed by atoms with Gasteiger partial charge in [0.25, 0.3) is 0 Å². The lowest BCUT2D eigenvalue weighted by Crippen LogP contribution is -2.36. The first-order chi connectivity index (χ1) is 9.73. The maximum Gasteiger partial charge on any atom is 0.408 e. The molecule has 0 spiro atoms. The number of carbonyl (C=O) groups excluding carboxylic acids is 2. The quantitative estimate of drug-likeness (QED) is 0.836. The summed E-state index contributed by atoms with van der Waals surface area (Å²) in [7, 11) is 1.31. The van der Waals surface area contributed by atoms with Gasteiger partial charge in [0.15, 0.2) is 0 Å². The molecule has 1 atom stereocenters. The van der Waals surface area contributed by atoms with Crippen molar-refractivity contribution in [2.24, 2.45) is 0 Å². The van der Waals surface area contributed by atoms with Crippen LogP contribution in [0.25, 0.3) is 0 Å². The molecular weight excluding hydrogens is 338 g/mol. The lowest BCUT2D eigenvalue weighted by molar-refractivity contribution is -0.141. The smallest absolute Gasteiger partial charge is 0.408 e. The predicted octanol–water partition coefficient (Wildman–Crippen LogP) is 3.58. The highest BCUT2D eigenvalue weighted by Gasteiger charge is 2.24. The van der Waals surface area contributed by atoms with Gasteiger partial charge >= 0.3 is 12.1 Å².